The zero-order chi connectivity index (χ0) is 17.3. The standard InChI is InChI=1S/C17H10BrNO3S2/c18-12-5-1-3-10(7-12)8-14-15(20)19(17(23)24-14)13-6-2-4-11(9-13)16(21)22/h1-9H,(H,21,22)/b14-8-. The van der Waals surface area contributed by atoms with Crippen molar-refractivity contribution in [2.75, 3.05) is 4.90 Å². The zero-order valence-electron chi connectivity index (χ0n) is 12.1. The molecule has 2 aromatic rings. The van der Waals surface area contributed by atoms with Gasteiger partial charge in [0.2, 0.25) is 0 Å². The third-order valence-corrected chi connectivity index (χ3v) is 5.09. The van der Waals surface area contributed by atoms with Crippen LogP contribution in [-0.2, 0) is 4.79 Å². The fourth-order valence-electron chi connectivity index (χ4n) is 2.22. The number of thiocarbonyl (C=S) groups is 1. The summed E-state index contributed by atoms with van der Waals surface area (Å²) in [7, 11) is 0. The van der Waals surface area contributed by atoms with Crippen molar-refractivity contribution in [3.05, 3.63) is 69.0 Å². The van der Waals surface area contributed by atoms with E-state index in [0.29, 0.717) is 14.9 Å². The molecule has 0 spiro atoms. The van der Waals surface area contributed by atoms with Crippen molar-refractivity contribution in [3.63, 3.8) is 0 Å². The number of amides is 1. The van der Waals surface area contributed by atoms with Gasteiger partial charge in [-0.3, -0.25) is 9.69 Å². The summed E-state index contributed by atoms with van der Waals surface area (Å²) in [6, 6.07) is 13.7. The number of benzene rings is 2. The predicted molar refractivity (Wildman–Crippen MR) is 103 cm³/mol. The van der Waals surface area contributed by atoms with Crippen LogP contribution in [0.2, 0.25) is 0 Å². The first-order chi connectivity index (χ1) is 11.5. The molecule has 1 saturated heterocycles. The first-order valence-electron chi connectivity index (χ1n) is 6.82. The minimum atomic E-state index is -1.05. The van der Waals surface area contributed by atoms with Gasteiger partial charge < -0.3 is 5.11 Å². The molecule has 4 nitrogen and oxygen atoms in total. The molecular weight excluding hydrogens is 410 g/mol. The molecule has 1 N–H and O–H groups in total. The van der Waals surface area contributed by atoms with Crippen LogP contribution >= 0.6 is 39.9 Å². The van der Waals surface area contributed by atoms with E-state index in [1.807, 2.05) is 24.3 Å². The highest BCUT2D eigenvalue weighted by Gasteiger charge is 2.33. The van der Waals surface area contributed by atoms with E-state index in [0.717, 1.165) is 10.0 Å². The number of carboxylic acid groups (broad SMARTS) is 1. The molecule has 1 fully saturated rings. The highest BCUT2D eigenvalue weighted by molar-refractivity contribution is 9.10. The Kier molecular flexibility index (Phi) is 4.84. The molecule has 1 heterocycles. The maximum atomic E-state index is 12.7. The molecule has 1 aliphatic heterocycles. The molecule has 0 radical (unpaired) electrons. The van der Waals surface area contributed by atoms with Gasteiger partial charge in [-0.05, 0) is 42.0 Å². The lowest BCUT2D eigenvalue weighted by Crippen LogP contribution is -2.27. The van der Waals surface area contributed by atoms with Crippen molar-refractivity contribution in [1.29, 1.82) is 0 Å². The molecule has 0 aliphatic carbocycles. The largest absolute Gasteiger partial charge is 0.478 e. The monoisotopic (exact) mass is 419 g/mol. The summed E-state index contributed by atoms with van der Waals surface area (Å²) in [4.78, 5) is 25.6. The number of rotatable bonds is 3. The molecular formula is C17H10BrNO3S2. The lowest BCUT2D eigenvalue weighted by atomic mass is 10.2. The number of nitrogens with zero attached hydrogens (tertiary/aromatic N) is 1. The number of carbonyl (C=O) groups is 2. The van der Waals surface area contributed by atoms with Crippen LogP contribution in [0.25, 0.3) is 6.08 Å². The smallest absolute Gasteiger partial charge is 0.335 e. The van der Waals surface area contributed by atoms with Gasteiger partial charge >= 0.3 is 5.97 Å². The Bertz CT molecular complexity index is 895. The molecule has 1 amide bonds. The van der Waals surface area contributed by atoms with Crippen LogP contribution in [0.1, 0.15) is 15.9 Å². The third-order valence-electron chi connectivity index (χ3n) is 3.29. The minimum absolute atomic E-state index is 0.109. The van der Waals surface area contributed by atoms with Crippen LogP contribution < -0.4 is 4.90 Å². The number of carbonyl (C=O) groups excluding carboxylic acids is 1. The van der Waals surface area contributed by atoms with Crippen molar-refractivity contribution < 1.29 is 14.7 Å². The van der Waals surface area contributed by atoms with E-state index in [1.165, 1.54) is 28.8 Å². The third kappa shape index (κ3) is 3.43. The minimum Gasteiger partial charge on any atom is -0.478 e. The molecule has 1 aliphatic rings. The molecule has 0 unspecified atom stereocenters. The summed E-state index contributed by atoms with van der Waals surface area (Å²) in [5.74, 6) is -1.31. The van der Waals surface area contributed by atoms with E-state index in [1.54, 1.807) is 18.2 Å². The normalized spacial score (nSPS) is 16.0. The van der Waals surface area contributed by atoms with Crippen molar-refractivity contribution in [3.8, 4) is 0 Å². The average molecular weight is 420 g/mol. The summed E-state index contributed by atoms with van der Waals surface area (Å²) in [6.07, 6.45) is 1.77. The first kappa shape index (κ1) is 16.9. The van der Waals surface area contributed by atoms with Crippen LogP contribution in [0.15, 0.2) is 57.9 Å². The van der Waals surface area contributed by atoms with Gasteiger partial charge in [0.25, 0.3) is 5.91 Å². The number of halogens is 1. The first-order valence-corrected chi connectivity index (χ1v) is 8.84. The molecule has 0 bridgehead atoms. The van der Waals surface area contributed by atoms with Gasteiger partial charge in [0.05, 0.1) is 16.2 Å². The van der Waals surface area contributed by atoms with E-state index in [2.05, 4.69) is 15.9 Å². The van der Waals surface area contributed by atoms with Gasteiger partial charge in [-0.25, -0.2) is 4.79 Å². The number of anilines is 1. The molecule has 120 valence electrons. The lowest BCUT2D eigenvalue weighted by molar-refractivity contribution is -0.113. The summed E-state index contributed by atoms with van der Waals surface area (Å²) >= 11 is 9.89. The van der Waals surface area contributed by atoms with E-state index < -0.39 is 5.97 Å². The zero-order valence-corrected chi connectivity index (χ0v) is 15.3. The van der Waals surface area contributed by atoms with Gasteiger partial charge in [-0.15, -0.1) is 0 Å². The second kappa shape index (κ2) is 6.88. The van der Waals surface area contributed by atoms with Crippen molar-refractivity contribution >= 4 is 67.9 Å². The van der Waals surface area contributed by atoms with Crippen LogP contribution in [0.5, 0.6) is 0 Å². The summed E-state index contributed by atoms with van der Waals surface area (Å²) < 4.78 is 1.30. The molecule has 7 heteroatoms. The fourth-order valence-corrected chi connectivity index (χ4v) is 3.93. The Morgan fingerprint density at radius 2 is 1.96 bits per heavy atom. The van der Waals surface area contributed by atoms with Crippen molar-refractivity contribution in [2.24, 2.45) is 0 Å². The number of aromatic carboxylic acids is 1. The summed E-state index contributed by atoms with van der Waals surface area (Å²) in [5.41, 5.74) is 1.44. The second-order valence-electron chi connectivity index (χ2n) is 4.93. The quantitative estimate of drug-likeness (QED) is 0.583. The molecule has 2 aromatic carbocycles. The Morgan fingerprint density at radius 3 is 2.67 bits per heavy atom. The highest BCUT2D eigenvalue weighted by Crippen LogP contribution is 2.36. The van der Waals surface area contributed by atoms with Crippen LogP contribution in [0.4, 0.5) is 5.69 Å². The number of hydrogen-bond acceptors (Lipinski definition) is 4. The maximum absolute atomic E-state index is 12.7. The van der Waals surface area contributed by atoms with E-state index in [-0.39, 0.29) is 11.5 Å². The Hall–Kier alpha value is -1.96. The summed E-state index contributed by atoms with van der Waals surface area (Å²) in [6.45, 7) is 0. The Morgan fingerprint density at radius 1 is 1.21 bits per heavy atom. The topological polar surface area (TPSA) is 57.6 Å². The van der Waals surface area contributed by atoms with Crippen molar-refractivity contribution in [1.82, 2.24) is 0 Å². The SMILES string of the molecule is O=C(O)c1cccc(N2C(=O)/C(=C/c3cccc(Br)c3)SC2=S)c1. The van der Waals surface area contributed by atoms with E-state index >= 15 is 0 Å². The van der Waals surface area contributed by atoms with Crippen LogP contribution in [0, 0.1) is 0 Å². The highest BCUT2D eigenvalue weighted by atomic mass is 79.9. The van der Waals surface area contributed by atoms with Gasteiger partial charge in [0.1, 0.15) is 0 Å². The predicted octanol–water partition coefficient (Wildman–Crippen LogP) is 4.55. The molecule has 0 saturated carbocycles. The second-order valence-corrected chi connectivity index (χ2v) is 7.52. The van der Waals surface area contributed by atoms with Gasteiger partial charge in [0.15, 0.2) is 4.32 Å². The Balaban J connectivity index is 1.95. The van der Waals surface area contributed by atoms with Crippen LogP contribution in [-0.4, -0.2) is 21.3 Å². The van der Waals surface area contributed by atoms with Gasteiger partial charge in [0, 0.05) is 4.47 Å². The maximum Gasteiger partial charge on any atom is 0.335 e. The molecule has 3 rings (SSSR count). The molecule has 0 aromatic heterocycles. The molecule has 24 heavy (non-hydrogen) atoms. The number of thioether (sulfide) groups is 1. The average Bonchev–Trinajstić information content (AvgIpc) is 2.81. The van der Waals surface area contributed by atoms with Gasteiger partial charge in [-0.1, -0.05) is 58.1 Å². The van der Waals surface area contributed by atoms with Crippen molar-refractivity contribution in [2.45, 2.75) is 0 Å². The van der Waals surface area contributed by atoms with E-state index in [4.69, 9.17) is 17.3 Å². The number of carboxylic acids is 1. The van der Waals surface area contributed by atoms with Crippen LogP contribution in [0.3, 0.4) is 0 Å². The number of hydrogen-bond donors (Lipinski definition) is 1. The molecule has 0 atom stereocenters. The van der Waals surface area contributed by atoms with E-state index in [9.17, 15) is 9.59 Å². The lowest BCUT2D eigenvalue weighted by Gasteiger charge is -2.14. The summed E-state index contributed by atoms with van der Waals surface area (Å²) in [5, 5.41) is 9.10. The fraction of sp³-hybridized carbons (Fsp3) is 0. The Labute approximate surface area is 156 Å². The van der Waals surface area contributed by atoms with Gasteiger partial charge in [-0.2, -0.15) is 0 Å².